The molecule has 0 aromatic carbocycles. The molecule has 1 fully saturated rings. The molecule has 0 N–H and O–H groups in total. The Morgan fingerprint density at radius 1 is 1.50 bits per heavy atom. The van der Waals surface area contributed by atoms with Crippen LogP contribution in [0, 0.1) is 0 Å². The Bertz CT molecular complexity index is 195. The van der Waals surface area contributed by atoms with Crippen molar-refractivity contribution in [2.75, 3.05) is 31.1 Å². The van der Waals surface area contributed by atoms with Crippen LogP contribution in [0.4, 0.5) is 4.79 Å². The molecular formula is C10H20N2OS. The van der Waals surface area contributed by atoms with Gasteiger partial charge in [-0.1, -0.05) is 0 Å². The highest BCUT2D eigenvalue weighted by Gasteiger charge is 2.25. The van der Waals surface area contributed by atoms with Crippen LogP contribution in [-0.4, -0.2) is 53.0 Å². The maximum absolute atomic E-state index is 12.0. The fourth-order valence-corrected chi connectivity index (χ4v) is 2.70. The molecule has 1 aliphatic heterocycles. The van der Waals surface area contributed by atoms with Crippen LogP contribution in [0.15, 0.2) is 0 Å². The summed E-state index contributed by atoms with van der Waals surface area (Å²) in [5, 5.41) is 0. The van der Waals surface area contributed by atoms with Gasteiger partial charge in [-0.05, 0) is 20.8 Å². The van der Waals surface area contributed by atoms with Crippen LogP contribution in [0.1, 0.15) is 20.8 Å². The van der Waals surface area contributed by atoms with Crippen molar-refractivity contribution in [2.45, 2.75) is 26.8 Å². The molecule has 2 amide bonds. The van der Waals surface area contributed by atoms with E-state index >= 15 is 0 Å². The van der Waals surface area contributed by atoms with Crippen LogP contribution in [0.25, 0.3) is 0 Å². The van der Waals surface area contributed by atoms with Gasteiger partial charge in [0.05, 0.1) is 0 Å². The first-order valence-corrected chi connectivity index (χ1v) is 6.49. The standard InChI is InChI=1S/C10H20N2OS/c1-4-11(5-2)10(13)12-6-7-14-8-9(12)3/h9H,4-8H2,1-3H3. The third kappa shape index (κ3) is 2.56. The Balaban J connectivity index is 2.57. The number of rotatable bonds is 2. The van der Waals surface area contributed by atoms with E-state index in [0.29, 0.717) is 6.04 Å². The van der Waals surface area contributed by atoms with Crippen LogP contribution in [-0.2, 0) is 0 Å². The summed E-state index contributed by atoms with van der Waals surface area (Å²) >= 11 is 1.94. The zero-order chi connectivity index (χ0) is 10.6. The molecule has 0 saturated carbocycles. The lowest BCUT2D eigenvalue weighted by Crippen LogP contribution is -2.50. The largest absolute Gasteiger partial charge is 0.325 e. The third-order valence-electron chi connectivity index (χ3n) is 2.65. The van der Waals surface area contributed by atoms with Gasteiger partial charge in [0.1, 0.15) is 0 Å². The molecule has 1 saturated heterocycles. The first-order valence-electron chi connectivity index (χ1n) is 5.34. The molecule has 0 radical (unpaired) electrons. The molecule has 0 aromatic rings. The van der Waals surface area contributed by atoms with Crippen LogP contribution < -0.4 is 0 Å². The molecule has 1 rings (SSSR count). The number of carbonyl (C=O) groups excluding carboxylic acids is 1. The Hall–Kier alpha value is -0.380. The van der Waals surface area contributed by atoms with E-state index < -0.39 is 0 Å². The van der Waals surface area contributed by atoms with Crippen LogP contribution in [0.3, 0.4) is 0 Å². The fraction of sp³-hybridized carbons (Fsp3) is 0.900. The molecule has 82 valence electrons. The number of amides is 2. The van der Waals surface area contributed by atoms with E-state index in [1.165, 1.54) is 0 Å². The molecule has 0 spiro atoms. The van der Waals surface area contributed by atoms with Crippen molar-refractivity contribution >= 4 is 17.8 Å². The lowest BCUT2D eigenvalue weighted by atomic mass is 10.3. The fourth-order valence-electron chi connectivity index (χ4n) is 1.69. The maximum Gasteiger partial charge on any atom is 0.320 e. The maximum atomic E-state index is 12.0. The SMILES string of the molecule is CCN(CC)C(=O)N1CCSCC1C. The summed E-state index contributed by atoms with van der Waals surface area (Å²) in [5.41, 5.74) is 0. The number of hydrogen-bond acceptors (Lipinski definition) is 2. The number of nitrogens with zero attached hydrogens (tertiary/aromatic N) is 2. The summed E-state index contributed by atoms with van der Waals surface area (Å²) in [7, 11) is 0. The predicted octanol–water partition coefficient (Wildman–Crippen LogP) is 1.89. The lowest BCUT2D eigenvalue weighted by molar-refractivity contribution is 0.147. The number of thioether (sulfide) groups is 1. The van der Waals surface area contributed by atoms with Crippen molar-refractivity contribution in [1.82, 2.24) is 9.80 Å². The number of carbonyl (C=O) groups is 1. The second-order valence-corrected chi connectivity index (χ2v) is 4.72. The Morgan fingerprint density at radius 2 is 2.14 bits per heavy atom. The quantitative estimate of drug-likeness (QED) is 0.703. The van der Waals surface area contributed by atoms with Gasteiger partial charge in [0.2, 0.25) is 0 Å². The molecule has 0 aromatic heterocycles. The minimum Gasteiger partial charge on any atom is -0.325 e. The van der Waals surface area contributed by atoms with E-state index in [2.05, 4.69) is 6.92 Å². The zero-order valence-electron chi connectivity index (χ0n) is 9.32. The van der Waals surface area contributed by atoms with Gasteiger partial charge >= 0.3 is 6.03 Å². The van der Waals surface area contributed by atoms with Gasteiger partial charge in [0.25, 0.3) is 0 Å². The van der Waals surface area contributed by atoms with Gasteiger partial charge in [-0.25, -0.2) is 4.79 Å². The molecule has 0 aliphatic carbocycles. The minimum atomic E-state index is 0.211. The molecule has 4 heteroatoms. The first-order chi connectivity index (χ1) is 6.70. The Kier molecular flexibility index (Phi) is 4.58. The normalized spacial score (nSPS) is 22.2. The average molecular weight is 216 g/mol. The average Bonchev–Trinajstić information content (AvgIpc) is 2.20. The highest BCUT2D eigenvalue weighted by molar-refractivity contribution is 7.99. The highest BCUT2D eigenvalue weighted by atomic mass is 32.2. The molecule has 1 heterocycles. The van der Waals surface area contributed by atoms with Gasteiger partial charge in [0, 0.05) is 37.2 Å². The van der Waals surface area contributed by atoms with E-state index in [0.717, 1.165) is 31.1 Å². The highest BCUT2D eigenvalue weighted by Crippen LogP contribution is 2.17. The van der Waals surface area contributed by atoms with Crippen molar-refractivity contribution in [3.05, 3.63) is 0 Å². The first kappa shape index (κ1) is 11.7. The van der Waals surface area contributed by atoms with Crippen molar-refractivity contribution in [1.29, 1.82) is 0 Å². The van der Waals surface area contributed by atoms with E-state index in [-0.39, 0.29) is 6.03 Å². The van der Waals surface area contributed by atoms with Crippen molar-refractivity contribution in [2.24, 2.45) is 0 Å². The summed E-state index contributed by atoms with van der Waals surface area (Å²) in [6.07, 6.45) is 0. The van der Waals surface area contributed by atoms with Crippen molar-refractivity contribution < 1.29 is 4.79 Å². The predicted molar refractivity (Wildman–Crippen MR) is 61.8 cm³/mol. The van der Waals surface area contributed by atoms with Crippen LogP contribution in [0.5, 0.6) is 0 Å². The lowest BCUT2D eigenvalue weighted by Gasteiger charge is -2.36. The molecule has 14 heavy (non-hydrogen) atoms. The van der Waals surface area contributed by atoms with E-state index in [1.807, 2.05) is 35.4 Å². The topological polar surface area (TPSA) is 23.6 Å². The van der Waals surface area contributed by atoms with Gasteiger partial charge in [-0.3, -0.25) is 0 Å². The molecular weight excluding hydrogens is 196 g/mol. The zero-order valence-corrected chi connectivity index (χ0v) is 10.1. The van der Waals surface area contributed by atoms with Crippen LogP contribution in [0.2, 0.25) is 0 Å². The summed E-state index contributed by atoms with van der Waals surface area (Å²) in [5.74, 6) is 2.16. The van der Waals surface area contributed by atoms with Gasteiger partial charge in [0.15, 0.2) is 0 Å². The molecule has 1 atom stereocenters. The van der Waals surface area contributed by atoms with Gasteiger partial charge < -0.3 is 9.80 Å². The van der Waals surface area contributed by atoms with E-state index in [4.69, 9.17) is 0 Å². The second kappa shape index (κ2) is 5.49. The monoisotopic (exact) mass is 216 g/mol. The Morgan fingerprint density at radius 3 is 2.64 bits per heavy atom. The minimum absolute atomic E-state index is 0.211. The molecule has 0 bridgehead atoms. The molecule has 3 nitrogen and oxygen atoms in total. The molecule has 1 unspecified atom stereocenters. The van der Waals surface area contributed by atoms with Crippen molar-refractivity contribution in [3.63, 3.8) is 0 Å². The summed E-state index contributed by atoms with van der Waals surface area (Å²) in [6, 6.07) is 0.602. The summed E-state index contributed by atoms with van der Waals surface area (Å²) in [6.45, 7) is 8.72. The van der Waals surface area contributed by atoms with Crippen LogP contribution >= 0.6 is 11.8 Å². The van der Waals surface area contributed by atoms with E-state index in [9.17, 15) is 4.79 Å². The van der Waals surface area contributed by atoms with Gasteiger partial charge in [-0.15, -0.1) is 0 Å². The molecule has 1 aliphatic rings. The summed E-state index contributed by atoms with van der Waals surface area (Å²) < 4.78 is 0. The summed E-state index contributed by atoms with van der Waals surface area (Å²) in [4.78, 5) is 15.9. The van der Waals surface area contributed by atoms with Gasteiger partial charge in [-0.2, -0.15) is 11.8 Å². The Labute approximate surface area is 90.8 Å². The van der Waals surface area contributed by atoms with Crippen molar-refractivity contribution in [3.8, 4) is 0 Å². The smallest absolute Gasteiger partial charge is 0.320 e. The number of urea groups is 1. The number of hydrogen-bond donors (Lipinski definition) is 0. The van der Waals surface area contributed by atoms with E-state index in [1.54, 1.807) is 0 Å². The second-order valence-electron chi connectivity index (χ2n) is 3.57. The third-order valence-corrected chi connectivity index (χ3v) is 3.84.